The highest BCUT2D eigenvalue weighted by Crippen LogP contribution is 2.36. The Kier molecular flexibility index (Phi) is 5.80. The van der Waals surface area contributed by atoms with E-state index >= 15 is 0 Å². The first-order chi connectivity index (χ1) is 17.0. The molecule has 3 heterocycles. The summed E-state index contributed by atoms with van der Waals surface area (Å²) in [4.78, 5) is 37.6. The van der Waals surface area contributed by atoms with Crippen molar-refractivity contribution in [3.05, 3.63) is 57.5 Å². The molecule has 2 aromatic carbocycles. The average molecular weight is 478 g/mol. The Labute approximate surface area is 201 Å². The van der Waals surface area contributed by atoms with Gasteiger partial charge in [-0.3, -0.25) is 13.9 Å². The summed E-state index contributed by atoms with van der Waals surface area (Å²) in [6, 6.07) is 7.99. The number of nitrogens with zero attached hydrogens (tertiary/aromatic N) is 5. The summed E-state index contributed by atoms with van der Waals surface area (Å²) in [5.41, 5.74) is 0.587. The van der Waals surface area contributed by atoms with Crippen molar-refractivity contribution in [3.8, 4) is 17.2 Å². The van der Waals surface area contributed by atoms with Gasteiger partial charge in [0.25, 0.3) is 5.56 Å². The van der Waals surface area contributed by atoms with Crippen LogP contribution in [-0.2, 0) is 6.54 Å². The number of phenols is 1. The topological polar surface area (TPSA) is 112 Å². The molecule has 0 bridgehead atoms. The van der Waals surface area contributed by atoms with Crippen LogP contribution in [0.4, 0.5) is 5.82 Å². The Hall–Kier alpha value is -4.08. The molecule has 5 rings (SSSR count). The van der Waals surface area contributed by atoms with Crippen molar-refractivity contribution in [3.63, 3.8) is 0 Å². The third kappa shape index (κ3) is 3.74. The Morgan fingerprint density at radius 3 is 2.40 bits per heavy atom. The van der Waals surface area contributed by atoms with Gasteiger partial charge in [-0.2, -0.15) is 0 Å². The molecule has 4 aromatic rings. The van der Waals surface area contributed by atoms with Crippen molar-refractivity contribution in [1.29, 1.82) is 0 Å². The first-order valence-corrected chi connectivity index (χ1v) is 11.6. The van der Waals surface area contributed by atoms with Gasteiger partial charge in [0.1, 0.15) is 17.9 Å². The van der Waals surface area contributed by atoms with Gasteiger partial charge in [0.2, 0.25) is 0 Å². The molecule has 0 amide bonds. The van der Waals surface area contributed by atoms with Gasteiger partial charge in [0.15, 0.2) is 11.5 Å². The highest BCUT2D eigenvalue weighted by atomic mass is 16.5. The van der Waals surface area contributed by atoms with E-state index in [-0.39, 0.29) is 23.0 Å². The molecule has 0 saturated carbocycles. The molecule has 0 spiro atoms. The zero-order valence-corrected chi connectivity index (χ0v) is 19.9. The van der Waals surface area contributed by atoms with Crippen LogP contribution in [-0.4, -0.2) is 51.5 Å². The minimum atomic E-state index is -0.367. The van der Waals surface area contributed by atoms with E-state index in [2.05, 4.69) is 14.9 Å². The molecule has 10 nitrogen and oxygen atoms in total. The summed E-state index contributed by atoms with van der Waals surface area (Å²) < 4.78 is 13.8. The Morgan fingerprint density at radius 2 is 1.71 bits per heavy atom. The number of hydrogen-bond donors (Lipinski definition) is 1. The first kappa shape index (κ1) is 22.7. The van der Waals surface area contributed by atoms with Crippen molar-refractivity contribution in [2.24, 2.45) is 0 Å². The molecule has 2 aromatic heterocycles. The van der Waals surface area contributed by atoms with Gasteiger partial charge in [0.05, 0.1) is 30.6 Å². The quantitative estimate of drug-likeness (QED) is 0.467. The van der Waals surface area contributed by atoms with E-state index < -0.39 is 0 Å². The fraction of sp³-hybridized carbons (Fsp3) is 0.360. The van der Waals surface area contributed by atoms with E-state index in [1.807, 2.05) is 19.1 Å². The predicted octanol–water partition coefficient (Wildman–Crippen LogP) is 2.69. The molecule has 1 aliphatic rings. The lowest BCUT2D eigenvalue weighted by Crippen LogP contribution is -2.46. The number of aryl methyl sites for hydroxylation is 1. The molecule has 10 heteroatoms. The van der Waals surface area contributed by atoms with E-state index in [1.54, 1.807) is 24.9 Å². The number of fused-ring (bicyclic) bond motifs is 2. The van der Waals surface area contributed by atoms with Crippen LogP contribution in [0.3, 0.4) is 0 Å². The lowest BCUT2D eigenvalue weighted by molar-refractivity contribution is 0.355. The maximum absolute atomic E-state index is 13.3. The number of benzene rings is 2. The summed E-state index contributed by atoms with van der Waals surface area (Å²) >= 11 is 0. The van der Waals surface area contributed by atoms with E-state index in [1.165, 1.54) is 23.0 Å². The summed E-state index contributed by atoms with van der Waals surface area (Å²) in [6.07, 6.45) is 2.72. The number of aromatic hydroxyl groups is 1. The zero-order valence-electron chi connectivity index (χ0n) is 19.9. The molecular weight excluding hydrogens is 450 g/mol. The number of hydrogen-bond acceptors (Lipinski definition) is 8. The third-order valence-corrected chi connectivity index (χ3v) is 6.72. The molecule has 1 N–H and O–H groups in total. The minimum Gasteiger partial charge on any atom is -0.508 e. The number of anilines is 1. The Morgan fingerprint density at radius 1 is 1.00 bits per heavy atom. The molecule has 1 fully saturated rings. The second kappa shape index (κ2) is 8.94. The van der Waals surface area contributed by atoms with Crippen LogP contribution in [0.1, 0.15) is 25.8 Å². The lowest BCUT2D eigenvalue weighted by atomic mass is 10.0. The van der Waals surface area contributed by atoms with Crippen LogP contribution < -0.4 is 25.6 Å². The predicted molar refractivity (Wildman–Crippen MR) is 133 cm³/mol. The van der Waals surface area contributed by atoms with Crippen molar-refractivity contribution in [1.82, 2.24) is 19.1 Å². The van der Waals surface area contributed by atoms with Crippen molar-refractivity contribution in [2.45, 2.75) is 32.4 Å². The SMILES string of the molecule is CCn1c(=O)n(C2CCN(c3ncnc4cc(OC)c(OC)cc34)CC2)c(=O)c2cc(O)ccc21. The Bertz CT molecular complexity index is 1540. The van der Waals surface area contributed by atoms with Crippen LogP contribution in [0.5, 0.6) is 17.2 Å². The lowest BCUT2D eigenvalue weighted by Gasteiger charge is -2.34. The summed E-state index contributed by atoms with van der Waals surface area (Å²) in [5, 5.41) is 11.1. The van der Waals surface area contributed by atoms with Crippen LogP contribution in [0.15, 0.2) is 46.2 Å². The molecular formula is C25H27N5O5. The number of rotatable bonds is 5. The molecule has 1 saturated heterocycles. The highest BCUT2D eigenvalue weighted by molar-refractivity contribution is 5.92. The standard InChI is InChI=1S/C25H27N5O5/c1-4-29-20-6-5-16(31)11-18(20)24(32)30(25(29)33)15-7-9-28(10-8-15)23-17-12-21(34-2)22(35-3)13-19(17)26-14-27-23/h5-6,11-15,31H,4,7-10H2,1-3H3. The minimum absolute atomic E-state index is 0.0000282. The van der Waals surface area contributed by atoms with Gasteiger partial charge in [-0.15, -0.1) is 0 Å². The number of piperidine rings is 1. The highest BCUT2D eigenvalue weighted by Gasteiger charge is 2.27. The monoisotopic (exact) mass is 477 g/mol. The number of ether oxygens (including phenoxy) is 2. The molecule has 0 unspecified atom stereocenters. The molecule has 0 radical (unpaired) electrons. The number of methoxy groups -OCH3 is 2. The van der Waals surface area contributed by atoms with E-state index in [0.717, 1.165) is 16.7 Å². The van der Waals surface area contributed by atoms with E-state index in [0.29, 0.717) is 54.9 Å². The second-order valence-electron chi connectivity index (χ2n) is 8.54. The van der Waals surface area contributed by atoms with Crippen LogP contribution in [0.25, 0.3) is 21.8 Å². The first-order valence-electron chi connectivity index (χ1n) is 11.6. The van der Waals surface area contributed by atoms with Crippen molar-refractivity contribution < 1.29 is 14.6 Å². The van der Waals surface area contributed by atoms with Crippen molar-refractivity contribution in [2.75, 3.05) is 32.2 Å². The molecule has 182 valence electrons. The van der Waals surface area contributed by atoms with E-state index in [9.17, 15) is 14.7 Å². The number of aromatic nitrogens is 4. The second-order valence-corrected chi connectivity index (χ2v) is 8.54. The van der Waals surface area contributed by atoms with E-state index in [4.69, 9.17) is 9.47 Å². The summed E-state index contributed by atoms with van der Waals surface area (Å²) in [6.45, 7) is 3.52. The maximum Gasteiger partial charge on any atom is 0.331 e. The normalized spacial score (nSPS) is 14.5. The van der Waals surface area contributed by atoms with Gasteiger partial charge < -0.3 is 19.5 Å². The van der Waals surface area contributed by atoms with Gasteiger partial charge in [0, 0.05) is 37.1 Å². The van der Waals surface area contributed by atoms with Crippen LogP contribution >= 0.6 is 0 Å². The summed E-state index contributed by atoms with van der Waals surface area (Å²) in [5.74, 6) is 1.96. The number of phenolic OH excluding ortho intramolecular Hbond substituents is 1. The van der Waals surface area contributed by atoms with Gasteiger partial charge in [-0.25, -0.2) is 14.8 Å². The summed E-state index contributed by atoms with van der Waals surface area (Å²) in [7, 11) is 3.17. The molecule has 1 aliphatic heterocycles. The fourth-order valence-corrected chi connectivity index (χ4v) is 4.97. The average Bonchev–Trinajstić information content (AvgIpc) is 2.88. The fourth-order valence-electron chi connectivity index (χ4n) is 4.97. The third-order valence-electron chi connectivity index (χ3n) is 6.72. The van der Waals surface area contributed by atoms with Gasteiger partial charge >= 0.3 is 5.69 Å². The largest absolute Gasteiger partial charge is 0.508 e. The zero-order chi connectivity index (χ0) is 24.7. The maximum atomic E-state index is 13.3. The smallest absolute Gasteiger partial charge is 0.331 e. The molecule has 35 heavy (non-hydrogen) atoms. The van der Waals surface area contributed by atoms with Gasteiger partial charge in [-0.1, -0.05) is 0 Å². The van der Waals surface area contributed by atoms with Crippen molar-refractivity contribution >= 4 is 27.6 Å². The van der Waals surface area contributed by atoms with Gasteiger partial charge in [-0.05, 0) is 44.0 Å². The Balaban J connectivity index is 1.50. The van der Waals surface area contributed by atoms with Crippen LogP contribution in [0, 0.1) is 0 Å². The molecule has 0 aliphatic carbocycles. The molecule has 0 atom stereocenters. The van der Waals surface area contributed by atoms with Crippen LogP contribution in [0.2, 0.25) is 0 Å².